The Balaban J connectivity index is 1.59. The minimum absolute atomic E-state index is 0.0493. The number of methoxy groups -OCH3 is 1. The maximum absolute atomic E-state index is 14.0. The molecular formula is C34H34ClNO7. The molecule has 43 heavy (non-hydrogen) atoms. The van der Waals surface area contributed by atoms with Gasteiger partial charge >= 0.3 is 5.97 Å². The van der Waals surface area contributed by atoms with Crippen molar-refractivity contribution in [1.29, 1.82) is 0 Å². The van der Waals surface area contributed by atoms with Crippen molar-refractivity contribution >= 4 is 40.1 Å². The van der Waals surface area contributed by atoms with Gasteiger partial charge in [-0.1, -0.05) is 50.8 Å². The molecule has 0 bridgehead atoms. The maximum Gasteiger partial charge on any atom is 0.338 e. The molecule has 0 fully saturated rings. The fraction of sp³-hybridized carbons (Fsp3) is 0.324. The highest BCUT2D eigenvalue weighted by molar-refractivity contribution is 6.31. The maximum atomic E-state index is 14.0. The van der Waals surface area contributed by atoms with Crippen molar-refractivity contribution in [2.45, 2.75) is 52.0 Å². The minimum atomic E-state index is -0.840. The van der Waals surface area contributed by atoms with E-state index in [1.54, 1.807) is 61.7 Å². The molecule has 1 aliphatic heterocycles. The van der Waals surface area contributed by atoms with Crippen molar-refractivity contribution in [2.24, 2.45) is 0 Å². The van der Waals surface area contributed by atoms with Gasteiger partial charge < -0.3 is 18.6 Å². The Hall–Kier alpha value is -4.30. The fourth-order valence-electron chi connectivity index (χ4n) is 5.19. The topological polar surface area (TPSA) is 95.3 Å². The number of carbonyl (C=O) groups excluding carboxylic acids is 2. The number of hydrogen-bond donors (Lipinski definition) is 0. The van der Waals surface area contributed by atoms with E-state index in [0.717, 1.165) is 32.1 Å². The molecular weight excluding hydrogens is 570 g/mol. The number of fused-ring (bicyclic) bond motifs is 2. The van der Waals surface area contributed by atoms with Gasteiger partial charge in [-0.25, -0.2) is 4.79 Å². The van der Waals surface area contributed by atoms with Crippen LogP contribution < -0.4 is 19.8 Å². The highest BCUT2D eigenvalue weighted by atomic mass is 35.5. The van der Waals surface area contributed by atoms with Gasteiger partial charge in [0.05, 0.1) is 42.9 Å². The Bertz CT molecular complexity index is 1700. The molecule has 0 radical (unpaired) electrons. The number of nitrogens with zero attached hydrogens (tertiary/aromatic N) is 1. The van der Waals surface area contributed by atoms with Crippen molar-refractivity contribution in [1.82, 2.24) is 0 Å². The fourth-order valence-corrected chi connectivity index (χ4v) is 5.36. The first-order valence-electron chi connectivity index (χ1n) is 14.6. The summed E-state index contributed by atoms with van der Waals surface area (Å²) >= 11 is 6.22. The molecule has 0 aliphatic carbocycles. The van der Waals surface area contributed by atoms with Gasteiger partial charge in [0.15, 0.2) is 16.9 Å². The van der Waals surface area contributed by atoms with Crippen LogP contribution in [-0.2, 0) is 4.74 Å². The van der Waals surface area contributed by atoms with Gasteiger partial charge in [0, 0.05) is 10.7 Å². The van der Waals surface area contributed by atoms with Crippen LogP contribution in [0.1, 0.15) is 84.0 Å². The summed E-state index contributed by atoms with van der Waals surface area (Å²) in [5.41, 5.74) is 1.58. The second-order valence-electron chi connectivity index (χ2n) is 10.4. The van der Waals surface area contributed by atoms with Crippen LogP contribution in [-0.4, -0.2) is 32.2 Å². The van der Waals surface area contributed by atoms with Crippen molar-refractivity contribution < 1.29 is 28.2 Å². The molecule has 1 amide bonds. The van der Waals surface area contributed by atoms with Crippen LogP contribution in [0, 0.1) is 0 Å². The number of esters is 1. The number of anilines is 1. The number of amides is 1. The van der Waals surface area contributed by atoms with Gasteiger partial charge in [0.1, 0.15) is 5.58 Å². The van der Waals surface area contributed by atoms with Crippen LogP contribution >= 0.6 is 11.6 Å². The highest BCUT2D eigenvalue weighted by Crippen LogP contribution is 2.43. The molecule has 3 aromatic carbocycles. The number of ether oxygens (including phenoxy) is 3. The van der Waals surface area contributed by atoms with E-state index in [9.17, 15) is 14.4 Å². The molecule has 8 nitrogen and oxygen atoms in total. The van der Waals surface area contributed by atoms with Crippen molar-refractivity contribution in [3.8, 4) is 11.5 Å². The second-order valence-corrected chi connectivity index (χ2v) is 10.8. The van der Waals surface area contributed by atoms with E-state index >= 15 is 0 Å². The molecule has 1 unspecified atom stereocenters. The lowest BCUT2D eigenvalue weighted by Gasteiger charge is -2.26. The second kappa shape index (κ2) is 13.3. The third kappa shape index (κ3) is 6.11. The summed E-state index contributed by atoms with van der Waals surface area (Å²) in [6.07, 6.45) is 4.74. The SMILES string of the molecule is CCCCCOc1ccc(C2c3c(oc4ccc(Cl)cc4c3=O)C(=O)N2c2ccc(C(=O)OCCCC)cc2)cc1OC. The van der Waals surface area contributed by atoms with Crippen LogP contribution in [0.4, 0.5) is 5.69 Å². The number of hydrogen-bond acceptors (Lipinski definition) is 7. The predicted molar refractivity (Wildman–Crippen MR) is 166 cm³/mol. The van der Waals surface area contributed by atoms with Crippen LogP contribution in [0.5, 0.6) is 11.5 Å². The third-order valence-electron chi connectivity index (χ3n) is 7.45. The number of rotatable bonds is 12. The van der Waals surface area contributed by atoms with Gasteiger partial charge in [-0.2, -0.15) is 0 Å². The van der Waals surface area contributed by atoms with E-state index in [1.165, 1.54) is 4.90 Å². The first-order chi connectivity index (χ1) is 20.9. The highest BCUT2D eigenvalue weighted by Gasteiger charge is 2.44. The number of carbonyl (C=O) groups is 2. The largest absolute Gasteiger partial charge is 0.493 e. The lowest BCUT2D eigenvalue weighted by Crippen LogP contribution is -2.29. The molecule has 0 N–H and O–H groups in total. The molecule has 1 aliphatic rings. The zero-order valence-corrected chi connectivity index (χ0v) is 25.2. The predicted octanol–water partition coefficient (Wildman–Crippen LogP) is 7.73. The average molecular weight is 604 g/mol. The van der Waals surface area contributed by atoms with E-state index in [4.69, 9.17) is 30.2 Å². The molecule has 5 rings (SSSR count). The zero-order chi connectivity index (χ0) is 30.5. The van der Waals surface area contributed by atoms with Crippen LogP contribution in [0.3, 0.4) is 0 Å². The van der Waals surface area contributed by atoms with Crippen LogP contribution in [0.2, 0.25) is 5.02 Å². The van der Waals surface area contributed by atoms with Crippen LogP contribution in [0.25, 0.3) is 11.0 Å². The molecule has 1 aromatic heterocycles. The molecule has 4 aromatic rings. The van der Waals surface area contributed by atoms with Crippen molar-refractivity contribution in [3.05, 3.63) is 98.4 Å². The zero-order valence-electron chi connectivity index (χ0n) is 24.5. The summed E-state index contributed by atoms with van der Waals surface area (Å²) in [4.78, 5) is 41.9. The van der Waals surface area contributed by atoms with E-state index in [1.807, 2.05) is 13.0 Å². The van der Waals surface area contributed by atoms with Gasteiger partial charge in [0.25, 0.3) is 5.91 Å². The minimum Gasteiger partial charge on any atom is -0.493 e. The monoisotopic (exact) mass is 603 g/mol. The standard InChI is InChI=1S/C34H34ClNO7/c1-4-6-8-18-41-27-15-11-22(19-28(27)40-3)30-29-31(37)25-20-23(35)12-16-26(25)43-32(29)33(38)36(30)24-13-9-21(10-14-24)34(39)42-17-7-5-2/h9-16,19-20,30H,4-8,17-18H2,1-3H3. The molecule has 9 heteroatoms. The lowest BCUT2D eigenvalue weighted by atomic mass is 9.97. The number of halogens is 1. The Morgan fingerprint density at radius 3 is 2.40 bits per heavy atom. The Kier molecular flexibility index (Phi) is 9.36. The third-order valence-corrected chi connectivity index (χ3v) is 7.69. The molecule has 224 valence electrons. The first-order valence-corrected chi connectivity index (χ1v) is 14.9. The molecule has 0 spiro atoms. The van der Waals surface area contributed by atoms with E-state index < -0.39 is 17.9 Å². The summed E-state index contributed by atoms with van der Waals surface area (Å²) in [5, 5.41) is 0.657. The van der Waals surface area contributed by atoms with Gasteiger partial charge in [0.2, 0.25) is 5.76 Å². The smallest absolute Gasteiger partial charge is 0.338 e. The molecule has 0 saturated carbocycles. The number of unbranched alkanes of at least 4 members (excludes halogenated alkanes) is 3. The Labute approximate surface area is 255 Å². The summed E-state index contributed by atoms with van der Waals surface area (Å²) < 4.78 is 23.0. The number of benzene rings is 3. The van der Waals surface area contributed by atoms with Gasteiger partial charge in [-0.05, 0) is 73.0 Å². The quantitative estimate of drug-likeness (QED) is 0.121. The Morgan fingerprint density at radius 1 is 0.907 bits per heavy atom. The summed E-state index contributed by atoms with van der Waals surface area (Å²) in [5.74, 6) is 0.0830. The van der Waals surface area contributed by atoms with Crippen LogP contribution in [0.15, 0.2) is 69.9 Å². The molecule has 0 saturated heterocycles. The lowest BCUT2D eigenvalue weighted by molar-refractivity contribution is 0.0499. The Morgan fingerprint density at radius 2 is 1.67 bits per heavy atom. The molecule has 2 heterocycles. The summed E-state index contributed by atoms with van der Waals surface area (Å²) in [7, 11) is 1.55. The summed E-state index contributed by atoms with van der Waals surface area (Å²) in [6, 6.07) is 15.8. The normalized spacial score (nSPS) is 14.2. The van der Waals surface area contributed by atoms with E-state index in [2.05, 4.69) is 6.92 Å². The van der Waals surface area contributed by atoms with E-state index in [0.29, 0.717) is 46.5 Å². The first kappa shape index (κ1) is 30.2. The summed E-state index contributed by atoms with van der Waals surface area (Å²) in [6.45, 7) is 5.03. The van der Waals surface area contributed by atoms with E-state index in [-0.39, 0.29) is 27.7 Å². The van der Waals surface area contributed by atoms with Crippen molar-refractivity contribution in [2.75, 3.05) is 25.2 Å². The average Bonchev–Trinajstić information content (AvgIpc) is 3.32. The van der Waals surface area contributed by atoms with Gasteiger partial charge in [-0.3, -0.25) is 14.5 Å². The van der Waals surface area contributed by atoms with Gasteiger partial charge in [-0.15, -0.1) is 0 Å². The molecule has 1 atom stereocenters. The van der Waals surface area contributed by atoms with Crippen molar-refractivity contribution in [3.63, 3.8) is 0 Å².